The number of fused-ring (bicyclic) bond motifs is 1. The Kier molecular flexibility index (Phi) is 4.43. The van der Waals surface area contributed by atoms with Gasteiger partial charge in [-0.15, -0.1) is 5.10 Å². The summed E-state index contributed by atoms with van der Waals surface area (Å²) in [7, 11) is 0. The summed E-state index contributed by atoms with van der Waals surface area (Å²) in [5.74, 6) is 0.0607. The van der Waals surface area contributed by atoms with Gasteiger partial charge in [-0.1, -0.05) is 17.3 Å². The first-order valence-electron chi connectivity index (χ1n) is 7.57. The molecule has 1 aliphatic rings. The third kappa shape index (κ3) is 3.14. The van der Waals surface area contributed by atoms with E-state index in [0.717, 1.165) is 32.6 Å². The number of carbonyl (C=O) groups excluding carboxylic acids is 1. The molecule has 0 saturated carbocycles. The van der Waals surface area contributed by atoms with Crippen LogP contribution in [0, 0.1) is 0 Å². The van der Waals surface area contributed by atoms with Crippen LogP contribution in [0.15, 0.2) is 29.1 Å². The zero-order valence-electron chi connectivity index (χ0n) is 12.4. The molecule has 0 bridgehead atoms. The Bertz CT molecular complexity index is 719. The van der Waals surface area contributed by atoms with E-state index in [0.29, 0.717) is 10.9 Å². The molecular weight excluding hydrogens is 282 g/mol. The topological polar surface area (TPSA) is 80.1 Å². The molecule has 1 amide bonds. The molecule has 1 saturated heterocycles. The molecule has 2 aromatic rings. The number of rotatable bonds is 3. The summed E-state index contributed by atoms with van der Waals surface area (Å²) in [6.07, 6.45) is 1.23. The summed E-state index contributed by atoms with van der Waals surface area (Å²) in [5.41, 5.74) is 0.379. The molecule has 1 aliphatic heterocycles. The first-order valence-corrected chi connectivity index (χ1v) is 7.57. The van der Waals surface area contributed by atoms with Crippen molar-refractivity contribution in [3.63, 3.8) is 0 Å². The average molecular weight is 301 g/mol. The lowest BCUT2D eigenvalue weighted by molar-refractivity contribution is -0.131. The summed E-state index contributed by atoms with van der Waals surface area (Å²) in [6, 6.07) is 7.09. The lowest BCUT2D eigenvalue weighted by atomic mass is 10.2. The summed E-state index contributed by atoms with van der Waals surface area (Å²) >= 11 is 0. The molecule has 1 fully saturated rings. The van der Waals surface area contributed by atoms with E-state index in [1.807, 2.05) is 11.0 Å². The van der Waals surface area contributed by atoms with Crippen molar-refractivity contribution in [3.05, 3.63) is 34.6 Å². The van der Waals surface area contributed by atoms with Gasteiger partial charge in [0.05, 0.1) is 11.9 Å². The van der Waals surface area contributed by atoms with Crippen LogP contribution in [0.5, 0.6) is 0 Å². The normalized spacial score (nSPS) is 15.7. The van der Waals surface area contributed by atoms with E-state index < -0.39 is 0 Å². The molecular formula is C15H19N5O2. The third-order valence-electron chi connectivity index (χ3n) is 3.86. The van der Waals surface area contributed by atoms with Gasteiger partial charge in [-0.2, -0.15) is 0 Å². The number of aromatic nitrogens is 3. The van der Waals surface area contributed by atoms with E-state index in [9.17, 15) is 9.59 Å². The van der Waals surface area contributed by atoms with Crippen LogP contribution >= 0.6 is 0 Å². The van der Waals surface area contributed by atoms with Crippen molar-refractivity contribution < 1.29 is 4.79 Å². The number of amides is 1. The van der Waals surface area contributed by atoms with E-state index >= 15 is 0 Å². The minimum atomic E-state index is -0.198. The minimum absolute atomic E-state index is 0.0607. The van der Waals surface area contributed by atoms with Crippen LogP contribution in [0.25, 0.3) is 10.9 Å². The van der Waals surface area contributed by atoms with Gasteiger partial charge >= 0.3 is 0 Å². The fourth-order valence-corrected chi connectivity index (χ4v) is 2.62. The monoisotopic (exact) mass is 301 g/mol. The molecule has 3 rings (SSSR count). The summed E-state index contributed by atoms with van der Waals surface area (Å²) in [6.45, 7) is 3.52. The minimum Gasteiger partial charge on any atom is -0.341 e. The lowest BCUT2D eigenvalue weighted by Gasteiger charge is -2.19. The summed E-state index contributed by atoms with van der Waals surface area (Å²) in [5, 5.41) is 11.7. The quantitative estimate of drug-likeness (QED) is 0.863. The van der Waals surface area contributed by atoms with Gasteiger partial charge < -0.3 is 10.2 Å². The van der Waals surface area contributed by atoms with Gasteiger partial charge in [0.2, 0.25) is 5.91 Å². The summed E-state index contributed by atoms with van der Waals surface area (Å²) in [4.78, 5) is 26.4. The second-order valence-corrected chi connectivity index (χ2v) is 5.37. The molecule has 2 heterocycles. The Morgan fingerprint density at radius 1 is 1.23 bits per heavy atom. The van der Waals surface area contributed by atoms with Gasteiger partial charge in [-0.05, 0) is 25.1 Å². The van der Waals surface area contributed by atoms with Crippen molar-refractivity contribution in [2.45, 2.75) is 19.4 Å². The fourth-order valence-electron chi connectivity index (χ4n) is 2.62. The molecule has 7 nitrogen and oxygen atoms in total. The van der Waals surface area contributed by atoms with Crippen LogP contribution in [-0.4, -0.2) is 52.0 Å². The maximum atomic E-state index is 12.3. The van der Waals surface area contributed by atoms with Gasteiger partial charge in [-0.3, -0.25) is 9.59 Å². The van der Waals surface area contributed by atoms with Crippen molar-refractivity contribution in [2.75, 3.05) is 26.2 Å². The lowest BCUT2D eigenvalue weighted by Crippen LogP contribution is -2.35. The van der Waals surface area contributed by atoms with Crippen molar-refractivity contribution in [1.29, 1.82) is 0 Å². The van der Waals surface area contributed by atoms with Gasteiger partial charge in [0.25, 0.3) is 5.56 Å². The number of aryl methyl sites for hydroxylation is 1. The van der Waals surface area contributed by atoms with Crippen LogP contribution in [-0.2, 0) is 11.3 Å². The van der Waals surface area contributed by atoms with Gasteiger partial charge in [0, 0.05) is 26.1 Å². The SMILES string of the molecule is O=C(CCn1nnc2ccccc2c1=O)N1CCCNCC1. The smallest absolute Gasteiger partial charge is 0.277 e. The molecule has 0 atom stereocenters. The second kappa shape index (κ2) is 6.65. The number of nitrogens with one attached hydrogen (secondary N) is 1. The molecule has 0 aliphatic carbocycles. The standard InChI is InChI=1S/C15H19N5O2/c21-14(19-9-3-7-16-8-11-19)6-10-20-15(22)12-4-1-2-5-13(12)17-18-20/h1-2,4-5,16H,3,6-11H2. The van der Waals surface area contributed by atoms with Crippen molar-refractivity contribution >= 4 is 16.8 Å². The Hall–Kier alpha value is -2.28. The number of hydrogen-bond donors (Lipinski definition) is 1. The average Bonchev–Trinajstić information content (AvgIpc) is 2.83. The van der Waals surface area contributed by atoms with Gasteiger partial charge in [0.1, 0.15) is 5.52 Å². The predicted molar refractivity (Wildman–Crippen MR) is 82.5 cm³/mol. The van der Waals surface area contributed by atoms with E-state index in [4.69, 9.17) is 0 Å². The Balaban J connectivity index is 1.69. The first-order chi connectivity index (χ1) is 10.8. The number of hydrogen-bond acceptors (Lipinski definition) is 5. The molecule has 1 aromatic heterocycles. The van der Waals surface area contributed by atoms with Crippen LogP contribution < -0.4 is 10.9 Å². The first kappa shape index (κ1) is 14.6. The molecule has 1 N–H and O–H groups in total. The highest BCUT2D eigenvalue weighted by Crippen LogP contribution is 2.04. The fraction of sp³-hybridized carbons (Fsp3) is 0.467. The Morgan fingerprint density at radius 2 is 2.09 bits per heavy atom. The second-order valence-electron chi connectivity index (χ2n) is 5.37. The molecule has 0 radical (unpaired) electrons. The molecule has 0 unspecified atom stereocenters. The largest absolute Gasteiger partial charge is 0.341 e. The van der Waals surface area contributed by atoms with Crippen LogP contribution in [0.3, 0.4) is 0 Å². The van der Waals surface area contributed by atoms with E-state index in [2.05, 4.69) is 15.6 Å². The molecule has 22 heavy (non-hydrogen) atoms. The van der Waals surface area contributed by atoms with Crippen LogP contribution in [0.4, 0.5) is 0 Å². The molecule has 116 valence electrons. The van der Waals surface area contributed by atoms with Crippen molar-refractivity contribution in [3.8, 4) is 0 Å². The van der Waals surface area contributed by atoms with E-state index in [1.165, 1.54) is 4.68 Å². The molecule has 7 heteroatoms. The third-order valence-corrected chi connectivity index (χ3v) is 3.86. The summed E-state index contributed by atoms with van der Waals surface area (Å²) < 4.78 is 1.27. The maximum absolute atomic E-state index is 12.3. The number of carbonyl (C=O) groups is 1. The van der Waals surface area contributed by atoms with Crippen LogP contribution in [0.2, 0.25) is 0 Å². The highest BCUT2D eigenvalue weighted by molar-refractivity contribution is 5.77. The molecule has 0 spiro atoms. The Morgan fingerprint density at radius 3 is 3.00 bits per heavy atom. The maximum Gasteiger partial charge on any atom is 0.277 e. The Labute approximate surface area is 127 Å². The van der Waals surface area contributed by atoms with E-state index in [-0.39, 0.29) is 24.4 Å². The van der Waals surface area contributed by atoms with Crippen molar-refractivity contribution in [2.24, 2.45) is 0 Å². The van der Waals surface area contributed by atoms with E-state index in [1.54, 1.807) is 18.2 Å². The van der Waals surface area contributed by atoms with Gasteiger partial charge in [0.15, 0.2) is 0 Å². The molecule has 1 aromatic carbocycles. The number of benzene rings is 1. The van der Waals surface area contributed by atoms with Crippen molar-refractivity contribution in [1.82, 2.24) is 25.2 Å². The zero-order valence-corrected chi connectivity index (χ0v) is 12.4. The predicted octanol–water partition coefficient (Wildman–Crippen LogP) is 0.00350. The zero-order chi connectivity index (χ0) is 15.4. The van der Waals surface area contributed by atoms with Gasteiger partial charge in [-0.25, -0.2) is 4.68 Å². The van der Waals surface area contributed by atoms with Crippen LogP contribution in [0.1, 0.15) is 12.8 Å². The highest BCUT2D eigenvalue weighted by atomic mass is 16.2. The highest BCUT2D eigenvalue weighted by Gasteiger charge is 2.15. The number of nitrogens with zero attached hydrogens (tertiary/aromatic N) is 4.